The van der Waals surface area contributed by atoms with Crippen molar-refractivity contribution in [3.8, 4) is 0 Å². The highest BCUT2D eigenvalue weighted by Gasteiger charge is 2.15. The van der Waals surface area contributed by atoms with Gasteiger partial charge in [0, 0.05) is 32.1 Å². The third-order valence-corrected chi connectivity index (χ3v) is 7.33. The molecule has 0 aromatic heterocycles. The predicted molar refractivity (Wildman–Crippen MR) is 161 cm³/mol. The molecule has 8 heteroatoms. The Bertz CT molecular complexity index is 582. The van der Waals surface area contributed by atoms with Gasteiger partial charge in [-0.25, -0.2) is 4.79 Å². The normalized spacial score (nSPS) is 14.5. The SMILES string of the molecule is CCCCCCCCOC(CCC(=O)OCC(C)COC(=O)NCCCN1CCCC1)OCCCCCCCC. The summed E-state index contributed by atoms with van der Waals surface area (Å²) < 4.78 is 22.7. The minimum atomic E-state index is -0.410. The van der Waals surface area contributed by atoms with Crippen molar-refractivity contribution in [2.45, 2.75) is 136 Å². The Morgan fingerprint density at radius 3 is 1.90 bits per heavy atom. The highest BCUT2D eigenvalue weighted by Crippen LogP contribution is 2.12. The Labute approximate surface area is 245 Å². The summed E-state index contributed by atoms with van der Waals surface area (Å²) >= 11 is 0. The number of alkyl carbamates (subject to hydrolysis) is 1. The number of rotatable bonds is 27. The summed E-state index contributed by atoms with van der Waals surface area (Å²) in [6, 6.07) is 0. The maximum absolute atomic E-state index is 12.4. The summed E-state index contributed by atoms with van der Waals surface area (Å²) in [5.74, 6) is -0.336. The van der Waals surface area contributed by atoms with E-state index >= 15 is 0 Å². The van der Waals surface area contributed by atoms with Crippen LogP contribution < -0.4 is 5.32 Å². The van der Waals surface area contributed by atoms with Crippen LogP contribution in [0.1, 0.15) is 130 Å². The molecule has 0 radical (unpaired) electrons. The molecular weight excluding hydrogens is 508 g/mol. The van der Waals surface area contributed by atoms with Gasteiger partial charge in [0.2, 0.25) is 0 Å². The van der Waals surface area contributed by atoms with Gasteiger partial charge in [0.1, 0.15) is 0 Å². The number of nitrogens with zero attached hydrogens (tertiary/aromatic N) is 1. The van der Waals surface area contributed by atoms with Crippen molar-refractivity contribution in [1.29, 1.82) is 0 Å². The van der Waals surface area contributed by atoms with Gasteiger partial charge in [-0.1, -0.05) is 85.0 Å². The maximum Gasteiger partial charge on any atom is 0.407 e. The molecule has 1 aliphatic heterocycles. The molecule has 0 aliphatic carbocycles. The fourth-order valence-electron chi connectivity index (χ4n) is 4.77. The quantitative estimate of drug-likeness (QED) is 0.0633. The van der Waals surface area contributed by atoms with Crippen LogP contribution in [0.5, 0.6) is 0 Å². The average Bonchev–Trinajstić information content (AvgIpc) is 3.48. The van der Waals surface area contributed by atoms with Gasteiger partial charge in [-0.3, -0.25) is 4.79 Å². The van der Waals surface area contributed by atoms with E-state index in [0.29, 0.717) is 26.2 Å². The molecule has 1 heterocycles. The van der Waals surface area contributed by atoms with E-state index in [1.165, 1.54) is 90.1 Å². The third-order valence-electron chi connectivity index (χ3n) is 7.33. The van der Waals surface area contributed by atoms with Crippen LogP contribution in [0.4, 0.5) is 4.79 Å². The van der Waals surface area contributed by atoms with Crippen LogP contribution in [-0.2, 0) is 23.7 Å². The van der Waals surface area contributed by atoms with Crippen molar-refractivity contribution in [1.82, 2.24) is 10.2 Å². The van der Waals surface area contributed by atoms with E-state index < -0.39 is 6.09 Å². The first-order chi connectivity index (χ1) is 19.5. The van der Waals surface area contributed by atoms with Gasteiger partial charge in [0.25, 0.3) is 0 Å². The van der Waals surface area contributed by atoms with Gasteiger partial charge >= 0.3 is 12.1 Å². The minimum absolute atomic E-state index is 0.0667. The second kappa shape index (κ2) is 26.5. The highest BCUT2D eigenvalue weighted by molar-refractivity contribution is 5.69. The lowest BCUT2D eigenvalue weighted by atomic mass is 10.1. The molecule has 1 N–H and O–H groups in total. The van der Waals surface area contributed by atoms with Crippen LogP contribution in [0.25, 0.3) is 0 Å². The summed E-state index contributed by atoms with van der Waals surface area (Å²) in [4.78, 5) is 26.7. The average molecular weight is 571 g/mol. The lowest BCUT2D eigenvalue weighted by Gasteiger charge is -2.19. The number of likely N-dealkylation sites (tertiary alicyclic amines) is 1. The van der Waals surface area contributed by atoms with Crippen molar-refractivity contribution in [3.63, 3.8) is 0 Å². The van der Waals surface area contributed by atoms with Gasteiger partial charge in [0.15, 0.2) is 6.29 Å². The zero-order valence-electron chi connectivity index (χ0n) is 26.2. The molecule has 1 rings (SSSR count). The van der Waals surface area contributed by atoms with Gasteiger partial charge in [0.05, 0.1) is 19.6 Å². The first-order valence-electron chi connectivity index (χ1n) is 16.6. The first kappa shape index (κ1) is 36.6. The molecule has 1 amide bonds. The van der Waals surface area contributed by atoms with E-state index in [1.54, 1.807) is 0 Å². The molecule has 1 aliphatic rings. The Morgan fingerprint density at radius 2 is 1.30 bits per heavy atom. The fourth-order valence-corrected chi connectivity index (χ4v) is 4.77. The van der Waals surface area contributed by atoms with Gasteiger partial charge in [-0.2, -0.15) is 0 Å². The number of ether oxygens (including phenoxy) is 4. The molecule has 0 saturated carbocycles. The third kappa shape index (κ3) is 22.3. The minimum Gasteiger partial charge on any atom is -0.465 e. The number of carbonyl (C=O) groups is 2. The second-order valence-electron chi connectivity index (χ2n) is 11.5. The van der Waals surface area contributed by atoms with Crippen molar-refractivity contribution in [2.75, 3.05) is 52.6 Å². The summed E-state index contributed by atoms with van der Waals surface area (Å²) in [6.07, 6.45) is 18.0. The second-order valence-corrected chi connectivity index (χ2v) is 11.5. The van der Waals surface area contributed by atoms with E-state index in [-0.39, 0.29) is 37.8 Å². The van der Waals surface area contributed by atoms with Crippen molar-refractivity contribution in [2.24, 2.45) is 5.92 Å². The summed E-state index contributed by atoms with van der Waals surface area (Å²) in [6.45, 7) is 12.1. The predicted octanol–water partition coefficient (Wildman–Crippen LogP) is 7.24. The number of carbonyl (C=O) groups excluding carboxylic acids is 2. The Balaban J connectivity index is 2.18. The standard InChI is InChI=1S/C32H62N2O6/c1-4-6-8-10-12-16-25-37-31(38-26-17-13-11-9-7-5-2)20-19-30(35)39-27-29(3)28-40-32(36)33-21-18-24-34-22-14-15-23-34/h29,31H,4-28H2,1-3H3,(H,33,36). The maximum atomic E-state index is 12.4. The van der Waals surface area contributed by atoms with Gasteiger partial charge in [-0.15, -0.1) is 0 Å². The zero-order valence-corrected chi connectivity index (χ0v) is 26.2. The smallest absolute Gasteiger partial charge is 0.407 e. The van der Waals surface area contributed by atoms with Crippen molar-refractivity contribution < 1.29 is 28.5 Å². The van der Waals surface area contributed by atoms with Crippen LogP contribution in [0, 0.1) is 5.92 Å². The van der Waals surface area contributed by atoms with Crippen LogP contribution in [0.15, 0.2) is 0 Å². The van der Waals surface area contributed by atoms with Gasteiger partial charge < -0.3 is 29.2 Å². The molecule has 0 aromatic carbocycles. The summed E-state index contributed by atoms with van der Waals surface area (Å²) in [5, 5.41) is 2.80. The molecule has 0 spiro atoms. The van der Waals surface area contributed by atoms with Crippen LogP contribution >= 0.6 is 0 Å². The number of hydrogen-bond acceptors (Lipinski definition) is 7. The van der Waals surface area contributed by atoms with E-state index in [2.05, 4.69) is 24.1 Å². The van der Waals surface area contributed by atoms with Crippen molar-refractivity contribution in [3.05, 3.63) is 0 Å². The van der Waals surface area contributed by atoms with E-state index in [4.69, 9.17) is 18.9 Å². The molecule has 1 atom stereocenters. The number of unbranched alkanes of at least 4 members (excludes halogenated alkanes) is 10. The molecule has 8 nitrogen and oxygen atoms in total. The fraction of sp³-hybridized carbons (Fsp3) is 0.938. The van der Waals surface area contributed by atoms with Crippen molar-refractivity contribution >= 4 is 12.1 Å². The summed E-state index contributed by atoms with van der Waals surface area (Å²) in [5.41, 5.74) is 0. The Hall–Kier alpha value is -1.38. The van der Waals surface area contributed by atoms with E-state index in [9.17, 15) is 9.59 Å². The topological polar surface area (TPSA) is 86.3 Å². The lowest BCUT2D eigenvalue weighted by molar-refractivity contribution is -0.160. The number of hydrogen-bond donors (Lipinski definition) is 1. The molecule has 0 aromatic rings. The monoisotopic (exact) mass is 570 g/mol. The van der Waals surface area contributed by atoms with Crippen LogP contribution in [-0.4, -0.2) is 75.9 Å². The van der Waals surface area contributed by atoms with Crippen LogP contribution in [0.3, 0.4) is 0 Å². The largest absolute Gasteiger partial charge is 0.465 e. The number of nitrogens with one attached hydrogen (secondary N) is 1. The first-order valence-corrected chi connectivity index (χ1v) is 16.6. The number of esters is 1. The van der Waals surface area contributed by atoms with Crippen LogP contribution in [0.2, 0.25) is 0 Å². The van der Waals surface area contributed by atoms with E-state index in [1.807, 2.05) is 6.92 Å². The molecule has 236 valence electrons. The van der Waals surface area contributed by atoms with E-state index in [0.717, 1.165) is 25.8 Å². The number of amides is 1. The van der Waals surface area contributed by atoms with Gasteiger partial charge in [-0.05, 0) is 51.7 Å². The molecule has 1 saturated heterocycles. The molecule has 1 fully saturated rings. The zero-order chi connectivity index (χ0) is 29.1. The molecule has 1 unspecified atom stereocenters. The molecular formula is C32H62N2O6. The summed E-state index contributed by atoms with van der Waals surface area (Å²) in [7, 11) is 0. The highest BCUT2D eigenvalue weighted by atomic mass is 16.7. The Kier molecular flexibility index (Phi) is 24.3. The molecule has 0 bridgehead atoms. The Morgan fingerprint density at radius 1 is 0.750 bits per heavy atom. The molecule has 40 heavy (non-hydrogen) atoms. The lowest BCUT2D eigenvalue weighted by Crippen LogP contribution is -2.30.